The van der Waals surface area contributed by atoms with Gasteiger partial charge in [0.25, 0.3) is 8.32 Å². The normalized spacial score (nSPS) is 20.6. The van der Waals surface area contributed by atoms with E-state index < -0.39 is 8.32 Å². The van der Waals surface area contributed by atoms with Crippen molar-refractivity contribution in [2.45, 2.75) is 63.7 Å². The second kappa shape index (κ2) is 11.1. The molecule has 1 N–H and O–H groups in total. The number of cyclic esters (lactones) is 2. The van der Waals surface area contributed by atoms with Crippen LogP contribution in [-0.4, -0.2) is 50.8 Å². The predicted octanol–water partition coefficient (Wildman–Crippen LogP) is 2.95. The van der Waals surface area contributed by atoms with E-state index in [1.54, 1.807) is 0 Å². The van der Waals surface area contributed by atoms with Crippen molar-refractivity contribution in [1.82, 2.24) is 0 Å². The fourth-order valence-electron chi connectivity index (χ4n) is 4.39. The second-order valence-electron chi connectivity index (χ2n) is 9.46. The van der Waals surface area contributed by atoms with Crippen LogP contribution >= 0.6 is 0 Å². The molecule has 2 aromatic carbocycles. The summed E-state index contributed by atoms with van der Waals surface area (Å²) in [5.74, 6) is -0.305. The molecule has 0 amide bonds. The van der Waals surface area contributed by atoms with E-state index in [1.807, 2.05) is 12.1 Å². The number of benzene rings is 2. The standard InChI is InChI=1S/C21H26O3Si.C5H8O3/c1-21(2,3)25(18-10-6-4-7-11-18,19-12-8-5-9-13-19)23-16-17-14-15-20(22)24-17;6-3-4-1-2-5(7)8-4/h4-13,17H,14-16H2,1-3H3;4,6H,1-3H2/t17-;4-/m00/s1. The third-order valence-corrected chi connectivity index (χ3v) is 11.0. The van der Waals surface area contributed by atoms with Crippen molar-refractivity contribution in [2.75, 3.05) is 13.2 Å². The first kappa shape index (κ1) is 25.1. The van der Waals surface area contributed by atoms with E-state index in [2.05, 4.69) is 74.0 Å². The van der Waals surface area contributed by atoms with Gasteiger partial charge in [-0.05, 0) is 28.3 Å². The third kappa shape index (κ3) is 6.10. The highest BCUT2D eigenvalue weighted by atomic mass is 28.4. The van der Waals surface area contributed by atoms with Crippen LogP contribution in [0.1, 0.15) is 46.5 Å². The quantitative estimate of drug-likeness (QED) is 0.516. The molecule has 6 nitrogen and oxygen atoms in total. The van der Waals surface area contributed by atoms with Crippen LogP contribution in [0.2, 0.25) is 5.04 Å². The molecule has 2 aliphatic rings. The lowest BCUT2D eigenvalue weighted by molar-refractivity contribution is -0.143. The van der Waals surface area contributed by atoms with Gasteiger partial charge in [-0.3, -0.25) is 9.59 Å². The first-order valence-electron chi connectivity index (χ1n) is 11.5. The SMILES string of the molecule is CC(C)(C)[Si](OC[C@@H]1CCC(=O)O1)(c1ccccc1)c1ccccc1.O=C1CC[C@@H](CO)O1. The second-order valence-corrected chi connectivity index (χ2v) is 13.8. The van der Waals surface area contributed by atoms with Crippen molar-refractivity contribution in [2.24, 2.45) is 0 Å². The van der Waals surface area contributed by atoms with Crippen LogP contribution < -0.4 is 10.4 Å². The van der Waals surface area contributed by atoms with E-state index in [4.69, 9.17) is 14.3 Å². The summed E-state index contributed by atoms with van der Waals surface area (Å²) in [6, 6.07) is 21.1. The highest BCUT2D eigenvalue weighted by molar-refractivity contribution is 6.99. The minimum Gasteiger partial charge on any atom is -0.460 e. The monoisotopic (exact) mass is 470 g/mol. The van der Waals surface area contributed by atoms with Gasteiger partial charge < -0.3 is 19.0 Å². The summed E-state index contributed by atoms with van der Waals surface area (Å²) in [5.41, 5.74) is 0. The molecule has 0 aliphatic carbocycles. The van der Waals surface area contributed by atoms with Gasteiger partial charge in [-0.25, -0.2) is 0 Å². The Labute approximate surface area is 197 Å². The fourth-order valence-corrected chi connectivity index (χ4v) is 8.98. The van der Waals surface area contributed by atoms with Crippen LogP contribution in [0.25, 0.3) is 0 Å². The number of carbonyl (C=O) groups is 2. The van der Waals surface area contributed by atoms with Crippen LogP contribution in [0.3, 0.4) is 0 Å². The van der Waals surface area contributed by atoms with Crippen LogP contribution in [0.5, 0.6) is 0 Å². The van der Waals surface area contributed by atoms with E-state index in [0.717, 1.165) is 6.42 Å². The molecule has 2 saturated heterocycles. The molecule has 33 heavy (non-hydrogen) atoms. The zero-order chi connectivity index (χ0) is 23.9. The van der Waals surface area contributed by atoms with E-state index in [1.165, 1.54) is 10.4 Å². The van der Waals surface area contributed by atoms with Gasteiger partial charge in [0.2, 0.25) is 0 Å². The van der Waals surface area contributed by atoms with Crippen molar-refractivity contribution in [3.63, 3.8) is 0 Å². The number of rotatable bonds is 6. The summed E-state index contributed by atoms with van der Waals surface area (Å²) < 4.78 is 16.8. The highest BCUT2D eigenvalue weighted by Crippen LogP contribution is 2.37. The minimum absolute atomic E-state index is 0.0360. The Morgan fingerprint density at radius 2 is 1.30 bits per heavy atom. The average Bonchev–Trinajstić information content (AvgIpc) is 3.43. The molecule has 0 bridgehead atoms. The molecule has 0 spiro atoms. The van der Waals surface area contributed by atoms with Crippen molar-refractivity contribution >= 4 is 30.6 Å². The summed E-state index contributed by atoms with van der Waals surface area (Å²) in [6.45, 7) is 7.17. The molecule has 0 aromatic heterocycles. The van der Waals surface area contributed by atoms with Crippen molar-refractivity contribution in [3.8, 4) is 0 Å². The molecule has 2 aromatic rings. The first-order valence-corrected chi connectivity index (χ1v) is 13.4. The van der Waals surface area contributed by atoms with Gasteiger partial charge in [-0.1, -0.05) is 81.4 Å². The summed E-state index contributed by atoms with van der Waals surface area (Å²) in [5, 5.41) is 10.8. The van der Waals surface area contributed by atoms with Gasteiger partial charge in [0.15, 0.2) is 0 Å². The number of ether oxygens (including phenoxy) is 2. The summed E-state index contributed by atoms with van der Waals surface area (Å²) in [7, 11) is -2.53. The van der Waals surface area contributed by atoms with Crippen molar-refractivity contribution in [3.05, 3.63) is 60.7 Å². The zero-order valence-corrected chi connectivity index (χ0v) is 20.7. The van der Waals surface area contributed by atoms with Crippen LogP contribution in [0.4, 0.5) is 0 Å². The molecule has 4 rings (SSSR count). The van der Waals surface area contributed by atoms with Gasteiger partial charge in [0.1, 0.15) is 12.2 Å². The molecule has 2 fully saturated rings. The molecular formula is C26H34O6Si. The number of aliphatic hydroxyl groups is 1. The summed E-state index contributed by atoms with van der Waals surface area (Å²) in [6.07, 6.45) is 2.03. The number of carbonyl (C=O) groups excluding carboxylic acids is 2. The van der Waals surface area contributed by atoms with E-state index >= 15 is 0 Å². The minimum atomic E-state index is -2.53. The molecule has 178 valence electrons. The molecular weight excluding hydrogens is 436 g/mol. The fraction of sp³-hybridized carbons (Fsp3) is 0.462. The van der Waals surface area contributed by atoms with Gasteiger partial charge >= 0.3 is 11.9 Å². The average molecular weight is 471 g/mol. The highest BCUT2D eigenvalue weighted by Gasteiger charge is 2.50. The maximum atomic E-state index is 11.4. The number of esters is 2. The molecule has 2 atom stereocenters. The number of aliphatic hydroxyl groups excluding tert-OH is 1. The van der Waals surface area contributed by atoms with E-state index in [-0.39, 0.29) is 35.8 Å². The first-order chi connectivity index (χ1) is 15.8. The Morgan fingerprint density at radius 1 is 0.848 bits per heavy atom. The smallest absolute Gasteiger partial charge is 0.306 e. The van der Waals surface area contributed by atoms with Gasteiger partial charge in [-0.2, -0.15) is 0 Å². The lowest BCUT2D eigenvalue weighted by Gasteiger charge is -2.43. The Kier molecular flexibility index (Phi) is 8.45. The van der Waals surface area contributed by atoms with Gasteiger partial charge in [-0.15, -0.1) is 0 Å². The predicted molar refractivity (Wildman–Crippen MR) is 129 cm³/mol. The summed E-state index contributed by atoms with van der Waals surface area (Å²) in [4.78, 5) is 21.7. The molecule has 2 aliphatic heterocycles. The maximum absolute atomic E-state index is 11.4. The van der Waals surface area contributed by atoms with Gasteiger partial charge in [0, 0.05) is 12.8 Å². The Bertz CT molecular complexity index is 870. The van der Waals surface area contributed by atoms with Crippen molar-refractivity contribution in [1.29, 1.82) is 0 Å². The van der Waals surface area contributed by atoms with Crippen molar-refractivity contribution < 1.29 is 28.6 Å². The lowest BCUT2D eigenvalue weighted by Crippen LogP contribution is -2.67. The molecule has 2 heterocycles. The van der Waals surface area contributed by atoms with Gasteiger partial charge in [0.05, 0.1) is 13.2 Å². The van der Waals surface area contributed by atoms with Crippen LogP contribution in [0.15, 0.2) is 60.7 Å². The van der Waals surface area contributed by atoms with Crippen LogP contribution in [-0.2, 0) is 23.5 Å². The zero-order valence-electron chi connectivity index (χ0n) is 19.7. The van der Waals surface area contributed by atoms with Crippen LogP contribution in [0, 0.1) is 0 Å². The topological polar surface area (TPSA) is 82.1 Å². The van der Waals surface area contributed by atoms with E-state index in [0.29, 0.717) is 25.9 Å². The largest absolute Gasteiger partial charge is 0.460 e. The number of hydrogen-bond donors (Lipinski definition) is 1. The number of hydrogen-bond acceptors (Lipinski definition) is 6. The molecule has 0 saturated carbocycles. The Morgan fingerprint density at radius 3 is 1.64 bits per heavy atom. The Balaban J connectivity index is 0.000000323. The van der Waals surface area contributed by atoms with E-state index in [9.17, 15) is 9.59 Å². The molecule has 0 radical (unpaired) electrons. The molecule has 7 heteroatoms. The third-order valence-electron chi connectivity index (χ3n) is 6.04. The molecule has 0 unspecified atom stereocenters. The summed E-state index contributed by atoms with van der Waals surface area (Å²) >= 11 is 0. The Hall–Kier alpha value is -2.48. The maximum Gasteiger partial charge on any atom is 0.306 e. The lowest BCUT2D eigenvalue weighted by atomic mass is 10.2.